The van der Waals surface area contributed by atoms with Gasteiger partial charge in [0.25, 0.3) is 0 Å². The van der Waals surface area contributed by atoms with Crippen LogP contribution in [0.25, 0.3) is 0 Å². The molecule has 1 heterocycles. The third kappa shape index (κ3) is 2.85. The molecule has 1 amide bonds. The highest BCUT2D eigenvalue weighted by Gasteiger charge is 2.07. The maximum absolute atomic E-state index is 13.4. The van der Waals surface area contributed by atoms with Crippen LogP contribution in [0.3, 0.4) is 0 Å². The van der Waals surface area contributed by atoms with Crippen LogP contribution in [0, 0.1) is 11.6 Å². The number of anilines is 1. The maximum Gasteiger partial charge on any atom is 0.213 e. The molecule has 6 heteroatoms. The number of nitrogens with zero attached hydrogens (tertiary/aromatic N) is 1. The van der Waals surface area contributed by atoms with Crippen molar-refractivity contribution >= 4 is 22.9 Å². The van der Waals surface area contributed by atoms with Crippen LogP contribution in [-0.2, 0) is 11.2 Å². The number of carbonyl (C=O) groups excluding carboxylic acids is 1. The largest absolute Gasteiger partial charge is 0.305 e. The smallest absolute Gasteiger partial charge is 0.213 e. The van der Waals surface area contributed by atoms with E-state index in [1.165, 1.54) is 23.5 Å². The van der Waals surface area contributed by atoms with Crippen molar-refractivity contribution in [1.82, 2.24) is 4.98 Å². The molecule has 17 heavy (non-hydrogen) atoms. The molecule has 0 spiro atoms. The Hall–Kier alpha value is -1.82. The lowest BCUT2D eigenvalue weighted by Crippen LogP contribution is -1.91. The number of amides is 1. The molecule has 88 valence electrons. The van der Waals surface area contributed by atoms with Crippen molar-refractivity contribution in [1.29, 1.82) is 0 Å². The predicted octanol–water partition coefficient (Wildman–Crippen LogP) is 2.58. The third-order valence-corrected chi connectivity index (χ3v) is 3.04. The first-order valence-electron chi connectivity index (χ1n) is 4.78. The number of hydrogen-bond acceptors (Lipinski definition) is 3. The standard InChI is InChI=1S/C11H8F2N2OS/c12-8-2-1-7(10(13)4-8)3-9-5-14-11(17-9)15-6-16/h1-2,4-6H,3H2,(H,14,15,16). The monoisotopic (exact) mass is 254 g/mol. The second-order valence-electron chi connectivity index (χ2n) is 3.31. The van der Waals surface area contributed by atoms with E-state index in [-0.39, 0.29) is 0 Å². The second kappa shape index (κ2) is 5.01. The molecule has 3 nitrogen and oxygen atoms in total. The zero-order chi connectivity index (χ0) is 12.3. The highest BCUT2D eigenvalue weighted by Crippen LogP contribution is 2.22. The quantitative estimate of drug-likeness (QED) is 0.852. The van der Waals surface area contributed by atoms with Crippen LogP contribution in [0.2, 0.25) is 0 Å². The number of hydrogen-bond donors (Lipinski definition) is 1. The number of thiazole rings is 1. The molecule has 0 saturated carbocycles. The lowest BCUT2D eigenvalue weighted by molar-refractivity contribution is -0.105. The van der Waals surface area contributed by atoms with Gasteiger partial charge < -0.3 is 5.32 Å². The van der Waals surface area contributed by atoms with Gasteiger partial charge in [0.1, 0.15) is 11.6 Å². The molecule has 1 aromatic heterocycles. The van der Waals surface area contributed by atoms with Crippen LogP contribution in [0.1, 0.15) is 10.4 Å². The van der Waals surface area contributed by atoms with Crippen molar-refractivity contribution in [2.24, 2.45) is 0 Å². The first-order chi connectivity index (χ1) is 8.19. The second-order valence-corrected chi connectivity index (χ2v) is 4.42. The van der Waals surface area contributed by atoms with Crippen LogP contribution < -0.4 is 5.32 Å². The number of halogens is 2. The van der Waals surface area contributed by atoms with Gasteiger partial charge in [-0.1, -0.05) is 6.07 Å². The Morgan fingerprint density at radius 2 is 2.24 bits per heavy atom. The van der Waals surface area contributed by atoms with E-state index in [0.717, 1.165) is 10.9 Å². The van der Waals surface area contributed by atoms with Crippen LogP contribution in [0.5, 0.6) is 0 Å². The zero-order valence-electron chi connectivity index (χ0n) is 8.61. The van der Waals surface area contributed by atoms with Crippen molar-refractivity contribution in [3.8, 4) is 0 Å². The van der Waals surface area contributed by atoms with Gasteiger partial charge in [-0.15, -0.1) is 11.3 Å². The van der Waals surface area contributed by atoms with E-state index in [0.29, 0.717) is 23.5 Å². The number of nitrogens with one attached hydrogen (secondary N) is 1. The predicted molar refractivity (Wildman–Crippen MR) is 61.0 cm³/mol. The Morgan fingerprint density at radius 1 is 1.41 bits per heavy atom. The summed E-state index contributed by atoms with van der Waals surface area (Å²) < 4.78 is 26.1. The molecular weight excluding hydrogens is 246 g/mol. The summed E-state index contributed by atoms with van der Waals surface area (Å²) >= 11 is 1.25. The Kier molecular flexibility index (Phi) is 3.43. The molecule has 0 radical (unpaired) electrons. The topological polar surface area (TPSA) is 42.0 Å². The molecule has 1 aromatic carbocycles. The van der Waals surface area contributed by atoms with E-state index in [4.69, 9.17) is 0 Å². The van der Waals surface area contributed by atoms with Crippen molar-refractivity contribution in [3.63, 3.8) is 0 Å². The Balaban J connectivity index is 2.16. The molecule has 0 unspecified atom stereocenters. The van der Waals surface area contributed by atoms with Gasteiger partial charge in [0.2, 0.25) is 6.41 Å². The number of benzene rings is 1. The van der Waals surface area contributed by atoms with Gasteiger partial charge in [0.05, 0.1) is 0 Å². The van der Waals surface area contributed by atoms with Crippen molar-refractivity contribution in [3.05, 3.63) is 46.5 Å². The fraction of sp³-hybridized carbons (Fsp3) is 0.0909. The van der Waals surface area contributed by atoms with Crippen molar-refractivity contribution in [2.75, 3.05) is 5.32 Å². The summed E-state index contributed by atoms with van der Waals surface area (Å²) in [5.41, 5.74) is 0.396. The molecule has 1 N–H and O–H groups in total. The van der Waals surface area contributed by atoms with Gasteiger partial charge in [-0.2, -0.15) is 0 Å². The van der Waals surface area contributed by atoms with Crippen LogP contribution in [0.15, 0.2) is 24.4 Å². The first-order valence-corrected chi connectivity index (χ1v) is 5.59. The summed E-state index contributed by atoms with van der Waals surface area (Å²) in [5.74, 6) is -1.18. The van der Waals surface area contributed by atoms with Gasteiger partial charge in [0, 0.05) is 23.6 Å². The molecule has 2 aromatic rings. The van der Waals surface area contributed by atoms with E-state index >= 15 is 0 Å². The van der Waals surface area contributed by atoms with E-state index in [2.05, 4.69) is 10.3 Å². The molecule has 0 saturated heterocycles. The molecule has 0 aliphatic rings. The van der Waals surface area contributed by atoms with Crippen molar-refractivity contribution in [2.45, 2.75) is 6.42 Å². The minimum atomic E-state index is -0.598. The summed E-state index contributed by atoms with van der Waals surface area (Å²) in [5, 5.41) is 2.87. The SMILES string of the molecule is O=CNc1ncc(Cc2ccc(F)cc2F)s1. The molecule has 0 bridgehead atoms. The van der Waals surface area contributed by atoms with Gasteiger partial charge in [-0.05, 0) is 11.6 Å². The van der Waals surface area contributed by atoms with Gasteiger partial charge in [-0.25, -0.2) is 13.8 Å². The number of rotatable bonds is 4. The molecule has 0 aliphatic carbocycles. The number of carbonyl (C=O) groups is 1. The lowest BCUT2D eigenvalue weighted by atomic mass is 10.1. The Morgan fingerprint density at radius 3 is 2.94 bits per heavy atom. The molecule has 0 fully saturated rings. The zero-order valence-corrected chi connectivity index (χ0v) is 9.43. The Bertz CT molecular complexity index is 542. The summed E-state index contributed by atoms with van der Waals surface area (Å²) in [6, 6.07) is 3.46. The van der Waals surface area contributed by atoms with E-state index in [1.54, 1.807) is 6.20 Å². The maximum atomic E-state index is 13.4. The minimum Gasteiger partial charge on any atom is -0.305 e. The highest BCUT2D eigenvalue weighted by atomic mass is 32.1. The third-order valence-electron chi connectivity index (χ3n) is 2.12. The summed E-state index contributed by atoms with van der Waals surface area (Å²) in [4.78, 5) is 14.9. The molecule has 0 aliphatic heterocycles. The van der Waals surface area contributed by atoms with E-state index in [1.807, 2.05) is 0 Å². The Labute approximate surface area is 100 Å². The van der Waals surface area contributed by atoms with Crippen molar-refractivity contribution < 1.29 is 13.6 Å². The van der Waals surface area contributed by atoms with Crippen LogP contribution in [-0.4, -0.2) is 11.4 Å². The van der Waals surface area contributed by atoms with Crippen LogP contribution >= 0.6 is 11.3 Å². The number of aromatic nitrogens is 1. The van der Waals surface area contributed by atoms with E-state index < -0.39 is 11.6 Å². The average molecular weight is 254 g/mol. The molecular formula is C11H8F2N2OS. The highest BCUT2D eigenvalue weighted by molar-refractivity contribution is 7.15. The van der Waals surface area contributed by atoms with Gasteiger partial charge in [0.15, 0.2) is 5.13 Å². The van der Waals surface area contributed by atoms with Gasteiger partial charge in [-0.3, -0.25) is 4.79 Å². The van der Waals surface area contributed by atoms with Crippen LogP contribution in [0.4, 0.5) is 13.9 Å². The van der Waals surface area contributed by atoms with E-state index in [9.17, 15) is 13.6 Å². The minimum absolute atomic E-state index is 0.324. The fourth-order valence-corrected chi connectivity index (χ4v) is 2.15. The summed E-state index contributed by atoms with van der Waals surface area (Å²) in [7, 11) is 0. The average Bonchev–Trinajstić information content (AvgIpc) is 2.71. The molecule has 2 rings (SSSR count). The summed E-state index contributed by atoms with van der Waals surface area (Å²) in [6.07, 6.45) is 2.41. The summed E-state index contributed by atoms with van der Waals surface area (Å²) in [6.45, 7) is 0. The molecule has 0 atom stereocenters. The first kappa shape index (κ1) is 11.7. The van der Waals surface area contributed by atoms with Gasteiger partial charge >= 0.3 is 0 Å². The fourth-order valence-electron chi connectivity index (χ4n) is 1.36. The lowest BCUT2D eigenvalue weighted by Gasteiger charge is -2.00. The normalized spacial score (nSPS) is 10.2.